The van der Waals surface area contributed by atoms with Crippen LogP contribution in [-0.2, 0) is 0 Å². The Bertz CT molecular complexity index is 376. The van der Waals surface area contributed by atoms with Gasteiger partial charge in [-0.25, -0.2) is 0 Å². The molecule has 2 heteroatoms. The van der Waals surface area contributed by atoms with Crippen molar-refractivity contribution in [2.24, 2.45) is 5.73 Å². The van der Waals surface area contributed by atoms with Crippen molar-refractivity contribution in [3.8, 4) is 0 Å². The van der Waals surface area contributed by atoms with Crippen molar-refractivity contribution in [1.29, 1.82) is 0 Å². The van der Waals surface area contributed by atoms with Gasteiger partial charge in [-0.3, -0.25) is 0 Å². The van der Waals surface area contributed by atoms with Crippen molar-refractivity contribution in [2.75, 3.05) is 6.54 Å². The van der Waals surface area contributed by atoms with Crippen LogP contribution in [0.3, 0.4) is 0 Å². The summed E-state index contributed by atoms with van der Waals surface area (Å²) in [5.74, 6) is 0.0703. The van der Waals surface area contributed by atoms with Crippen LogP contribution in [-0.4, -0.2) is 17.8 Å². The van der Waals surface area contributed by atoms with E-state index in [4.69, 9.17) is 5.73 Å². The largest absolute Gasteiger partial charge is 0.392 e. The van der Waals surface area contributed by atoms with Crippen LogP contribution < -0.4 is 5.73 Å². The van der Waals surface area contributed by atoms with E-state index in [9.17, 15) is 5.11 Å². The third-order valence-electron chi connectivity index (χ3n) is 4.03. The molecule has 0 saturated carbocycles. The summed E-state index contributed by atoms with van der Waals surface area (Å²) < 4.78 is 0. The standard InChI is InChI=1S/C17H29NO/c1-4-5-6-7-8-17(19)16(12-18)15-10-9-13(2)14(3)11-15/h9-11,16-17,19H,4-8,12,18H2,1-3H3. The summed E-state index contributed by atoms with van der Waals surface area (Å²) in [5.41, 5.74) is 9.60. The number of aliphatic hydroxyl groups is 1. The van der Waals surface area contributed by atoms with Crippen LogP contribution in [0.2, 0.25) is 0 Å². The Balaban J connectivity index is 2.62. The number of hydrogen-bond donors (Lipinski definition) is 2. The SMILES string of the molecule is CCCCCCC(O)C(CN)c1ccc(C)c(C)c1. The van der Waals surface area contributed by atoms with E-state index >= 15 is 0 Å². The van der Waals surface area contributed by atoms with E-state index in [-0.39, 0.29) is 12.0 Å². The summed E-state index contributed by atoms with van der Waals surface area (Å²) in [7, 11) is 0. The summed E-state index contributed by atoms with van der Waals surface area (Å²) in [6.45, 7) is 6.93. The molecule has 0 radical (unpaired) electrons. The van der Waals surface area contributed by atoms with Gasteiger partial charge in [0.2, 0.25) is 0 Å². The van der Waals surface area contributed by atoms with Gasteiger partial charge in [-0.15, -0.1) is 0 Å². The van der Waals surface area contributed by atoms with Crippen molar-refractivity contribution in [3.63, 3.8) is 0 Å². The van der Waals surface area contributed by atoms with Gasteiger partial charge in [0.05, 0.1) is 6.10 Å². The molecule has 0 saturated heterocycles. The Morgan fingerprint density at radius 1 is 1.11 bits per heavy atom. The van der Waals surface area contributed by atoms with Crippen LogP contribution in [0.15, 0.2) is 18.2 Å². The van der Waals surface area contributed by atoms with E-state index in [2.05, 4.69) is 39.0 Å². The molecule has 0 bridgehead atoms. The van der Waals surface area contributed by atoms with Gasteiger partial charge in [0.25, 0.3) is 0 Å². The van der Waals surface area contributed by atoms with Gasteiger partial charge in [0, 0.05) is 12.5 Å². The highest BCUT2D eigenvalue weighted by atomic mass is 16.3. The Labute approximate surface area is 118 Å². The zero-order chi connectivity index (χ0) is 14.3. The van der Waals surface area contributed by atoms with Gasteiger partial charge >= 0.3 is 0 Å². The number of benzene rings is 1. The predicted molar refractivity (Wildman–Crippen MR) is 82.5 cm³/mol. The fraction of sp³-hybridized carbons (Fsp3) is 0.647. The zero-order valence-corrected chi connectivity index (χ0v) is 12.7. The van der Waals surface area contributed by atoms with Gasteiger partial charge in [-0.1, -0.05) is 50.8 Å². The molecule has 0 fully saturated rings. The van der Waals surface area contributed by atoms with E-state index in [1.807, 2.05) is 0 Å². The molecule has 1 aromatic rings. The summed E-state index contributed by atoms with van der Waals surface area (Å²) in [6, 6.07) is 6.40. The van der Waals surface area contributed by atoms with Crippen molar-refractivity contribution in [3.05, 3.63) is 34.9 Å². The highest BCUT2D eigenvalue weighted by Gasteiger charge is 2.19. The maximum Gasteiger partial charge on any atom is 0.0620 e. The number of unbranched alkanes of at least 4 members (excludes halogenated alkanes) is 3. The molecular weight excluding hydrogens is 234 g/mol. The summed E-state index contributed by atoms with van der Waals surface area (Å²) in [5, 5.41) is 10.3. The van der Waals surface area contributed by atoms with Crippen molar-refractivity contribution in [2.45, 2.75) is 64.9 Å². The molecule has 0 spiro atoms. The lowest BCUT2D eigenvalue weighted by molar-refractivity contribution is 0.132. The fourth-order valence-corrected chi connectivity index (χ4v) is 2.49. The lowest BCUT2D eigenvalue weighted by Crippen LogP contribution is -2.26. The minimum Gasteiger partial charge on any atom is -0.392 e. The molecule has 2 atom stereocenters. The average molecular weight is 263 g/mol. The normalized spacial score (nSPS) is 14.4. The van der Waals surface area contributed by atoms with Crippen LogP contribution in [0.5, 0.6) is 0 Å². The quantitative estimate of drug-likeness (QED) is 0.703. The minimum atomic E-state index is -0.316. The van der Waals surface area contributed by atoms with Crippen LogP contribution in [0.25, 0.3) is 0 Å². The molecule has 0 aliphatic rings. The van der Waals surface area contributed by atoms with Crippen LogP contribution in [0, 0.1) is 13.8 Å². The molecule has 0 aliphatic carbocycles. The molecular formula is C17H29NO. The molecule has 3 N–H and O–H groups in total. The molecule has 19 heavy (non-hydrogen) atoms. The van der Waals surface area contributed by atoms with Crippen molar-refractivity contribution >= 4 is 0 Å². The molecule has 108 valence electrons. The minimum absolute atomic E-state index is 0.0703. The Hall–Kier alpha value is -0.860. The number of aryl methyl sites for hydroxylation is 2. The van der Waals surface area contributed by atoms with Gasteiger partial charge in [0.15, 0.2) is 0 Å². The Kier molecular flexibility index (Phi) is 7.11. The monoisotopic (exact) mass is 263 g/mol. The predicted octanol–water partition coefficient (Wildman–Crippen LogP) is 3.68. The molecule has 0 heterocycles. The summed E-state index contributed by atoms with van der Waals surface area (Å²) >= 11 is 0. The van der Waals surface area contributed by atoms with E-state index in [1.54, 1.807) is 0 Å². The molecule has 0 amide bonds. The number of rotatable bonds is 8. The zero-order valence-electron chi connectivity index (χ0n) is 12.7. The third kappa shape index (κ3) is 4.96. The summed E-state index contributed by atoms with van der Waals surface area (Å²) in [6.07, 6.45) is 5.32. The van der Waals surface area contributed by atoms with Crippen LogP contribution in [0.1, 0.15) is 61.6 Å². The first-order valence-corrected chi connectivity index (χ1v) is 7.55. The smallest absolute Gasteiger partial charge is 0.0620 e. The second kappa shape index (κ2) is 8.34. The maximum absolute atomic E-state index is 10.3. The van der Waals surface area contributed by atoms with E-state index < -0.39 is 0 Å². The number of nitrogens with two attached hydrogens (primary N) is 1. The Morgan fingerprint density at radius 3 is 2.42 bits per heavy atom. The lowest BCUT2D eigenvalue weighted by Gasteiger charge is -2.22. The highest BCUT2D eigenvalue weighted by molar-refractivity contribution is 5.32. The first-order valence-electron chi connectivity index (χ1n) is 7.55. The first-order chi connectivity index (χ1) is 9.10. The molecule has 2 unspecified atom stereocenters. The summed E-state index contributed by atoms with van der Waals surface area (Å²) in [4.78, 5) is 0. The van der Waals surface area contributed by atoms with Gasteiger partial charge in [-0.05, 0) is 37.0 Å². The van der Waals surface area contributed by atoms with Crippen molar-refractivity contribution < 1.29 is 5.11 Å². The highest BCUT2D eigenvalue weighted by Crippen LogP contribution is 2.24. The number of aliphatic hydroxyl groups excluding tert-OH is 1. The average Bonchev–Trinajstić information content (AvgIpc) is 2.40. The van der Waals surface area contributed by atoms with Crippen molar-refractivity contribution in [1.82, 2.24) is 0 Å². The number of hydrogen-bond acceptors (Lipinski definition) is 2. The Morgan fingerprint density at radius 2 is 1.84 bits per heavy atom. The van der Waals surface area contributed by atoms with Gasteiger partial charge in [-0.2, -0.15) is 0 Å². The first kappa shape index (κ1) is 16.2. The molecule has 2 nitrogen and oxygen atoms in total. The van der Waals surface area contributed by atoms with E-state index in [0.29, 0.717) is 6.54 Å². The molecule has 1 aromatic carbocycles. The molecule has 0 aliphatic heterocycles. The maximum atomic E-state index is 10.3. The second-order valence-corrected chi connectivity index (χ2v) is 5.60. The van der Waals surface area contributed by atoms with Crippen LogP contribution in [0.4, 0.5) is 0 Å². The second-order valence-electron chi connectivity index (χ2n) is 5.60. The fourth-order valence-electron chi connectivity index (χ4n) is 2.49. The van der Waals surface area contributed by atoms with E-state index in [0.717, 1.165) is 12.8 Å². The lowest BCUT2D eigenvalue weighted by atomic mass is 9.88. The third-order valence-corrected chi connectivity index (χ3v) is 4.03. The van der Waals surface area contributed by atoms with Gasteiger partial charge in [0.1, 0.15) is 0 Å². The topological polar surface area (TPSA) is 46.2 Å². The van der Waals surface area contributed by atoms with E-state index in [1.165, 1.54) is 36.0 Å². The van der Waals surface area contributed by atoms with Gasteiger partial charge < -0.3 is 10.8 Å². The molecule has 0 aromatic heterocycles. The molecule has 1 rings (SSSR count). The van der Waals surface area contributed by atoms with Crippen LogP contribution >= 0.6 is 0 Å².